The molecule has 2 rings (SSSR count). The number of benzene rings is 1. The van der Waals surface area contributed by atoms with Gasteiger partial charge in [-0.05, 0) is 24.3 Å². The Balaban J connectivity index is 2.67. The molecule has 6 nitrogen and oxygen atoms in total. The van der Waals surface area contributed by atoms with Crippen LogP contribution in [0.2, 0.25) is 5.02 Å². The molecule has 0 spiro atoms. The summed E-state index contributed by atoms with van der Waals surface area (Å²) < 4.78 is 13.9. The summed E-state index contributed by atoms with van der Waals surface area (Å²) in [6.45, 7) is 1.18. The van der Waals surface area contributed by atoms with Crippen molar-refractivity contribution in [2.45, 2.75) is 6.92 Å². The van der Waals surface area contributed by atoms with Crippen molar-refractivity contribution in [3.05, 3.63) is 40.8 Å². The van der Waals surface area contributed by atoms with Crippen molar-refractivity contribution in [1.29, 1.82) is 0 Å². The molecule has 0 radical (unpaired) electrons. The van der Waals surface area contributed by atoms with E-state index in [1.807, 2.05) is 0 Å². The fourth-order valence-corrected chi connectivity index (χ4v) is 1.97. The monoisotopic (exact) mass is 324 g/mol. The van der Waals surface area contributed by atoms with E-state index in [9.17, 15) is 19.1 Å². The van der Waals surface area contributed by atoms with Crippen LogP contribution in [-0.2, 0) is 4.79 Å². The highest BCUT2D eigenvalue weighted by molar-refractivity contribution is 6.30. The van der Waals surface area contributed by atoms with Gasteiger partial charge in [-0.2, -0.15) is 0 Å². The van der Waals surface area contributed by atoms with Gasteiger partial charge in [0.05, 0.1) is 11.4 Å². The number of carbonyl (C=O) groups is 2. The van der Waals surface area contributed by atoms with Gasteiger partial charge in [0.15, 0.2) is 11.4 Å². The van der Waals surface area contributed by atoms with Crippen molar-refractivity contribution >= 4 is 29.2 Å². The molecular formula is C14H10ClFN2O4. The van der Waals surface area contributed by atoms with E-state index in [0.29, 0.717) is 0 Å². The molecule has 1 aromatic heterocycles. The molecular weight excluding hydrogens is 315 g/mol. The Kier molecular flexibility index (Phi) is 4.27. The van der Waals surface area contributed by atoms with E-state index < -0.39 is 29.1 Å². The third kappa shape index (κ3) is 3.15. The van der Waals surface area contributed by atoms with Crippen molar-refractivity contribution < 1.29 is 24.2 Å². The Morgan fingerprint density at radius 3 is 2.55 bits per heavy atom. The third-order valence-corrected chi connectivity index (χ3v) is 2.95. The third-order valence-electron chi connectivity index (χ3n) is 2.71. The molecule has 0 aliphatic heterocycles. The standard InChI is InChI=1S/C14H10ClFN2O4/c1-6(19)17-11-5-10(18-12(13(11)20)14(21)22)8-3-2-7(15)4-9(8)16/h2-5,20H,1H3,(H,21,22)(H,17,18,19). The number of carbonyl (C=O) groups excluding carboxylic acids is 1. The predicted octanol–water partition coefficient (Wildman–Crippen LogP) is 2.90. The molecule has 1 heterocycles. The van der Waals surface area contributed by atoms with Crippen LogP contribution >= 0.6 is 11.6 Å². The van der Waals surface area contributed by atoms with Crippen molar-refractivity contribution in [3.8, 4) is 17.0 Å². The van der Waals surface area contributed by atoms with Crippen LogP contribution in [0.1, 0.15) is 17.4 Å². The average molecular weight is 325 g/mol. The van der Waals surface area contributed by atoms with Crippen LogP contribution in [0, 0.1) is 5.82 Å². The molecule has 1 aromatic carbocycles. The van der Waals surface area contributed by atoms with Gasteiger partial charge in [0.25, 0.3) is 0 Å². The number of aromatic hydroxyl groups is 1. The number of amides is 1. The van der Waals surface area contributed by atoms with E-state index >= 15 is 0 Å². The van der Waals surface area contributed by atoms with E-state index in [1.54, 1.807) is 0 Å². The molecule has 0 bridgehead atoms. The Labute approximate surface area is 129 Å². The van der Waals surface area contributed by atoms with Crippen LogP contribution in [0.3, 0.4) is 0 Å². The van der Waals surface area contributed by atoms with E-state index in [-0.39, 0.29) is 22.0 Å². The largest absolute Gasteiger partial charge is 0.504 e. The summed E-state index contributed by atoms with van der Waals surface area (Å²) in [6, 6.07) is 4.95. The number of halogens is 2. The number of rotatable bonds is 3. The number of nitrogens with one attached hydrogen (secondary N) is 1. The fraction of sp³-hybridized carbons (Fsp3) is 0.0714. The van der Waals surface area contributed by atoms with Gasteiger partial charge < -0.3 is 15.5 Å². The Bertz CT molecular complexity index is 780. The number of pyridine rings is 1. The smallest absolute Gasteiger partial charge is 0.358 e. The molecule has 0 aliphatic rings. The molecule has 0 saturated carbocycles. The number of aromatic carboxylic acids is 1. The molecule has 1 amide bonds. The number of aromatic nitrogens is 1. The van der Waals surface area contributed by atoms with E-state index in [1.165, 1.54) is 25.1 Å². The first kappa shape index (κ1) is 15.7. The summed E-state index contributed by atoms with van der Waals surface area (Å²) in [4.78, 5) is 26.0. The minimum absolute atomic E-state index is 0.0153. The second-order valence-corrected chi connectivity index (χ2v) is 4.80. The van der Waals surface area contributed by atoms with Gasteiger partial charge in [0, 0.05) is 17.5 Å². The molecule has 0 unspecified atom stereocenters. The average Bonchev–Trinajstić information content (AvgIpc) is 2.40. The van der Waals surface area contributed by atoms with Crippen LogP contribution in [-0.4, -0.2) is 27.1 Å². The number of hydrogen-bond acceptors (Lipinski definition) is 4. The number of carboxylic acid groups (broad SMARTS) is 1. The minimum Gasteiger partial charge on any atom is -0.504 e. The van der Waals surface area contributed by atoms with Gasteiger partial charge in [0.1, 0.15) is 5.82 Å². The number of nitrogens with zero attached hydrogens (tertiary/aromatic N) is 1. The first-order valence-corrected chi connectivity index (χ1v) is 6.37. The predicted molar refractivity (Wildman–Crippen MR) is 77.6 cm³/mol. The van der Waals surface area contributed by atoms with Gasteiger partial charge in [-0.1, -0.05) is 11.6 Å². The number of anilines is 1. The highest BCUT2D eigenvalue weighted by Crippen LogP contribution is 2.33. The van der Waals surface area contributed by atoms with E-state index in [2.05, 4.69) is 10.3 Å². The summed E-state index contributed by atoms with van der Waals surface area (Å²) in [5, 5.41) is 21.3. The topological polar surface area (TPSA) is 99.5 Å². The molecule has 2 aromatic rings. The molecule has 0 saturated heterocycles. The second-order valence-electron chi connectivity index (χ2n) is 4.36. The molecule has 8 heteroatoms. The fourth-order valence-electron chi connectivity index (χ4n) is 1.81. The molecule has 0 atom stereocenters. The van der Waals surface area contributed by atoms with Crippen molar-refractivity contribution in [3.63, 3.8) is 0 Å². The molecule has 3 N–H and O–H groups in total. The minimum atomic E-state index is -1.51. The first-order valence-electron chi connectivity index (χ1n) is 6.00. The summed E-state index contributed by atoms with van der Waals surface area (Å²) in [5.41, 5.74) is -0.952. The van der Waals surface area contributed by atoms with Crippen LogP contribution in [0.25, 0.3) is 11.3 Å². The molecule has 0 fully saturated rings. The van der Waals surface area contributed by atoms with Gasteiger partial charge in [-0.15, -0.1) is 0 Å². The lowest BCUT2D eigenvalue weighted by Crippen LogP contribution is -2.10. The van der Waals surface area contributed by atoms with Crippen LogP contribution in [0.5, 0.6) is 5.75 Å². The lowest BCUT2D eigenvalue weighted by molar-refractivity contribution is -0.114. The maximum atomic E-state index is 13.9. The zero-order valence-corrected chi connectivity index (χ0v) is 12.0. The first-order chi connectivity index (χ1) is 10.3. The quantitative estimate of drug-likeness (QED) is 0.806. The summed E-state index contributed by atoms with van der Waals surface area (Å²) in [6.07, 6.45) is 0. The SMILES string of the molecule is CC(=O)Nc1cc(-c2ccc(Cl)cc2F)nc(C(=O)O)c1O. The summed E-state index contributed by atoms with van der Waals surface area (Å²) >= 11 is 5.66. The van der Waals surface area contributed by atoms with Crippen molar-refractivity contribution in [2.75, 3.05) is 5.32 Å². The number of carboxylic acids is 1. The molecule has 114 valence electrons. The van der Waals surface area contributed by atoms with Crippen molar-refractivity contribution in [1.82, 2.24) is 4.98 Å². The lowest BCUT2D eigenvalue weighted by atomic mass is 10.1. The maximum absolute atomic E-state index is 13.9. The molecule has 0 aliphatic carbocycles. The number of hydrogen-bond donors (Lipinski definition) is 3. The zero-order valence-electron chi connectivity index (χ0n) is 11.2. The normalized spacial score (nSPS) is 10.3. The zero-order chi connectivity index (χ0) is 16.4. The maximum Gasteiger partial charge on any atom is 0.358 e. The highest BCUT2D eigenvalue weighted by atomic mass is 35.5. The summed E-state index contributed by atoms with van der Waals surface area (Å²) in [7, 11) is 0. The van der Waals surface area contributed by atoms with Crippen LogP contribution in [0.15, 0.2) is 24.3 Å². The highest BCUT2D eigenvalue weighted by Gasteiger charge is 2.20. The Morgan fingerprint density at radius 1 is 1.32 bits per heavy atom. The van der Waals surface area contributed by atoms with Gasteiger partial charge >= 0.3 is 5.97 Å². The van der Waals surface area contributed by atoms with E-state index in [0.717, 1.165) is 6.07 Å². The Morgan fingerprint density at radius 2 is 2.00 bits per heavy atom. The van der Waals surface area contributed by atoms with Crippen LogP contribution in [0.4, 0.5) is 10.1 Å². The summed E-state index contributed by atoms with van der Waals surface area (Å²) in [5.74, 6) is -3.46. The van der Waals surface area contributed by atoms with Gasteiger partial charge in [-0.3, -0.25) is 4.79 Å². The molecule has 22 heavy (non-hydrogen) atoms. The van der Waals surface area contributed by atoms with Crippen LogP contribution < -0.4 is 5.32 Å². The Hall–Kier alpha value is -2.67. The van der Waals surface area contributed by atoms with Gasteiger partial charge in [-0.25, -0.2) is 14.2 Å². The van der Waals surface area contributed by atoms with E-state index in [4.69, 9.17) is 16.7 Å². The second kappa shape index (κ2) is 5.98. The van der Waals surface area contributed by atoms with Crippen molar-refractivity contribution in [2.24, 2.45) is 0 Å². The van der Waals surface area contributed by atoms with Gasteiger partial charge in [0.2, 0.25) is 5.91 Å². The lowest BCUT2D eigenvalue weighted by Gasteiger charge is -2.11.